The third-order valence-corrected chi connectivity index (χ3v) is 2.51. The standard InChI is InChI=1S/C14H11NO/c15-10-13(11-6-2-1-3-7-11)12-8-4-5-9-14(12)16/h1-9,13,16H. The maximum Gasteiger partial charge on any atom is 0.120 e. The van der Waals surface area contributed by atoms with E-state index >= 15 is 0 Å². The van der Waals surface area contributed by atoms with Crippen LogP contribution >= 0.6 is 0 Å². The summed E-state index contributed by atoms with van der Waals surface area (Å²) >= 11 is 0. The van der Waals surface area contributed by atoms with Crippen molar-refractivity contribution in [1.82, 2.24) is 0 Å². The normalized spacial score (nSPS) is 11.7. The van der Waals surface area contributed by atoms with Gasteiger partial charge in [-0.15, -0.1) is 0 Å². The summed E-state index contributed by atoms with van der Waals surface area (Å²) in [4.78, 5) is 0. The predicted molar refractivity (Wildman–Crippen MR) is 62.0 cm³/mol. The number of benzene rings is 2. The fourth-order valence-electron chi connectivity index (χ4n) is 1.70. The molecule has 0 aliphatic heterocycles. The molecular formula is C14H11NO. The molecule has 0 saturated carbocycles. The van der Waals surface area contributed by atoms with Crippen molar-refractivity contribution in [3.8, 4) is 11.8 Å². The van der Waals surface area contributed by atoms with Crippen molar-refractivity contribution in [1.29, 1.82) is 5.26 Å². The second kappa shape index (κ2) is 4.50. The lowest BCUT2D eigenvalue weighted by molar-refractivity contribution is 0.468. The van der Waals surface area contributed by atoms with Gasteiger partial charge in [-0.2, -0.15) is 5.26 Å². The van der Waals surface area contributed by atoms with Gasteiger partial charge in [0.1, 0.15) is 5.75 Å². The molecule has 2 aromatic rings. The first-order valence-electron chi connectivity index (χ1n) is 5.05. The molecule has 0 aliphatic carbocycles. The Morgan fingerprint density at radius 2 is 1.56 bits per heavy atom. The molecule has 2 rings (SSSR count). The maximum absolute atomic E-state index is 9.72. The van der Waals surface area contributed by atoms with Crippen LogP contribution in [0.3, 0.4) is 0 Å². The molecule has 1 unspecified atom stereocenters. The third kappa shape index (κ3) is 1.89. The van der Waals surface area contributed by atoms with E-state index in [-0.39, 0.29) is 5.75 Å². The topological polar surface area (TPSA) is 44.0 Å². The fourth-order valence-corrected chi connectivity index (χ4v) is 1.70. The zero-order valence-corrected chi connectivity index (χ0v) is 8.67. The number of nitrogens with zero attached hydrogens (tertiary/aromatic N) is 1. The summed E-state index contributed by atoms with van der Waals surface area (Å²) in [6.07, 6.45) is 0. The average molecular weight is 209 g/mol. The maximum atomic E-state index is 9.72. The van der Waals surface area contributed by atoms with E-state index in [4.69, 9.17) is 0 Å². The van der Waals surface area contributed by atoms with E-state index in [1.807, 2.05) is 36.4 Å². The number of phenols is 1. The highest BCUT2D eigenvalue weighted by molar-refractivity contribution is 5.44. The summed E-state index contributed by atoms with van der Waals surface area (Å²) in [5.74, 6) is -0.250. The van der Waals surface area contributed by atoms with Crippen LogP contribution in [0.4, 0.5) is 0 Å². The lowest BCUT2D eigenvalue weighted by atomic mass is 9.92. The molecule has 0 radical (unpaired) electrons. The van der Waals surface area contributed by atoms with E-state index in [1.165, 1.54) is 0 Å². The second-order valence-corrected chi connectivity index (χ2v) is 3.53. The lowest BCUT2D eigenvalue weighted by Gasteiger charge is -2.11. The molecule has 0 amide bonds. The van der Waals surface area contributed by atoms with Crippen LogP contribution in [0.2, 0.25) is 0 Å². The van der Waals surface area contributed by atoms with Gasteiger partial charge in [0.2, 0.25) is 0 Å². The van der Waals surface area contributed by atoms with Gasteiger partial charge in [-0.1, -0.05) is 48.5 Å². The Kier molecular flexibility index (Phi) is 2.88. The van der Waals surface area contributed by atoms with E-state index in [0.29, 0.717) is 5.56 Å². The monoisotopic (exact) mass is 209 g/mol. The molecule has 0 saturated heterocycles. The van der Waals surface area contributed by atoms with Crippen molar-refractivity contribution in [3.63, 3.8) is 0 Å². The Balaban J connectivity index is 2.47. The van der Waals surface area contributed by atoms with Gasteiger partial charge in [-0.05, 0) is 11.6 Å². The molecule has 0 aromatic heterocycles. The molecule has 0 heterocycles. The van der Waals surface area contributed by atoms with Crippen molar-refractivity contribution in [2.24, 2.45) is 0 Å². The van der Waals surface area contributed by atoms with E-state index in [1.54, 1.807) is 18.2 Å². The summed E-state index contributed by atoms with van der Waals surface area (Å²) in [6.45, 7) is 0. The zero-order chi connectivity index (χ0) is 11.4. The van der Waals surface area contributed by atoms with Crippen LogP contribution in [-0.4, -0.2) is 5.11 Å². The molecule has 2 nitrogen and oxygen atoms in total. The summed E-state index contributed by atoms with van der Waals surface area (Å²) in [7, 11) is 0. The highest BCUT2D eigenvalue weighted by Crippen LogP contribution is 2.30. The summed E-state index contributed by atoms with van der Waals surface area (Å²) in [5, 5.41) is 18.9. The Morgan fingerprint density at radius 3 is 2.19 bits per heavy atom. The first-order valence-corrected chi connectivity index (χ1v) is 5.05. The molecule has 78 valence electrons. The molecule has 16 heavy (non-hydrogen) atoms. The van der Waals surface area contributed by atoms with Crippen LogP contribution in [0.15, 0.2) is 54.6 Å². The van der Waals surface area contributed by atoms with Crippen molar-refractivity contribution < 1.29 is 5.11 Å². The van der Waals surface area contributed by atoms with Crippen LogP contribution in [0.5, 0.6) is 5.75 Å². The van der Waals surface area contributed by atoms with Crippen molar-refractivity contribution in [2.45, 2.75) is 5.92 Å². The summed E-state index contributed by atoms with van der Waals surface area (Å²) in [5.41, 5.74) is 1.54. The molecule has 2 heteroatoms. The highest BCUT2D eigenvalue weighted by atomic mass is 16.3. The van der Waals surface area contributed by atoms with Gasteiger partial charge < -0.3 is 5.11 Å². The van der Waals surface area contributed by atoms with Gasteiger partial charge in [0.25, 0.3) is 0 Å². The van der Waals surface area contributed by atoms with Gasteiger partial charge in [0, 0.05) is 5.56 Å². The van der Waals surface area contributed by atoms with Gasteiger partial charge in [0.05, 0.1) is 12.0 Å². The Labute approximate surface area is 94.4 Å². The molecule has 0 spiro atoms. The van der Waals surface area contributed by atoms with Crippen LogP contribution in [0, 0.1) is 11.3 Å². The molecule has 1 atom stereocenters. The number of para-hydroxylation sites is 1. The number of hydrogen-bond acceptors (Lipinski definition) is 2. The first kappa shape index (κ1) is 10.3. The second-order valence-electron chi connectivity index (χ2n) is 3.53. The van der Waals surface area contributed by atoms with Crippen LogP contribution in [0.25, 0.3) is 0 Å². The van der Waals surface area contributed by atoms with E-state index in [0.717, 1.165) is 5.56 Å². The molecule has 0 fully saturated rings. The number of rotatable bonds is 2. The van der Waals surface area contributed by atoms with Gasteiger partial charge in [-0.3, -0.25) is 0 Å². The number of aromatic hydroxyl groups is 1. The van der Waals surface area contributed by atoms with Gasteiger partial charge >= 0.3 is 0 Å². The van der Waals surface area contributed by atoms with E-state index < -0.39 is 5.92 Å². The summed E-state index contributed by atoms with van der Waals surface area (Å²) in [6, 6.07) is 18.6. The van der Waals surface area contributed by atoms with Crippen LogP contribution in [0.1, 0.15) is 17.0 Å². The molecule has 0 aliphatic rings. The Hall–Kier alpha value is -2.27. The third-order valence-electron chi connectivity index (χ3n) is 2.51. The largest absolute Gasteiger partial charge is 0.508 e. The summed E-state index contributed by atoms with van der Waals surface area (Å²) < 4.78 is 0. The predicted octanol–water partition coefficient (Wildman–Crippen LogP) is 3.05. The quantitative estimate of drug-likeness (QED) is 0.826. The SMILES string of the molecule is N#CC(c1ccccc1)c1ccccc1O. The minimum Gasteiger partial charge on any atom is -0.508 e. The number of nitriles is 1. The van der Waals surface area contributed by atoms with Crippen molar-refractivity contribution in [3.05, 3.63) is 65.7 Å². The molecular weight excluding hydrogens is 198 g/mol. The average Bonchev–Trinajstić information content (AvgIpc) is 2.34. The Bertz CT molecular complexity index is 514. The zero-order valence-electron chi connectivity index (χ0n) is 8.67. The molecule has 2 aromatic carbocycles. The van der Waals surface area contributed by atoms with Crippen molar-refractivity contribution >= 4 is 0 Å². The molecule has 1 N–H and O–H groups in total. The molecule has 0 bridgehead atoms. The first-order chi connectivity index (χ1) is 7.83. The van der Waals surface area contributed by atoms with Crippen LogP contribution < -0.4 is 0 Å². The highest BCUT2D eigenvalue weighted by Gasteiger charge is 2.15. The minimum absolute atomic E-state index is 0.165. The lowest BCUT2D eigenvalue weighted by Crippen LogP contribution is -1.97. The number of phenolic OH excluding ortho intramolecular Hbond substituents is 1. The Morgan fingerprint density at radius 1 is 0.938 bits per heavy atom. The van der Waals surface area contributed by atoms with Gasteiger partial charge in [-0.25, -0.2) is 0 Å². The van der Waals surface area contributed by atoms with Crippen LogP contribution in [-0.2, 0) is 0 Å². The smallest absolute Gasteiger partial charge is 0.120 e. The minimum atomic E-state index is -0.414. The fraction of sp³-hybridized carbons (Fsp3) is 0.0714. The van der Waals surface area contributed by atoms with Crippen molar-refractivity contribution in [2.75, 3.05) is 0 Å². The number of hydrogen-bond donors (Lipinski definition) is 1. The van der Waals surface area contributed by atoms with E-state index in [2.05, 4.69) is 6.07 Å². The van der Waals surface area contributed by atoms with Gasteiger partial charge in [0.15, 0.2) is 0 Å². The van der Waals surface area contributed by atoms with E-state index in [9.17, 15) is 10.4 Å².